The zero-order chi connectivity index (χ0) is 9.68. The Kier molecular flexibility index (Phi) is 3.71. The lowest BCUT2D eigenvalue weighted by Gasteiger charge is -2.07. The van der Waals surface area contributed by atoms with Gasteiger partial charge in [0.05, 0.1) is 7.11 Å². The van der Waals surface area contributed by atoms with Gasteiger partial charge in [-0.05, 0) is 31.0 Å². The van der Waals surface area contributed by atoms with Gasteiger partial charge in [-0.3, -0.25) is 0 Å². The Labute approximate surface area is 77.5 Å². The first-order valence-corrected chi connectivity index (χ1v) is 4.30. The lowest BCUT2D eigenvalue weighted by molar-refractivity contribution is 0.405. The molecule has 0 atom stereocenters. The smallest absolute Gasteiger partial charge is 0.126 e. The molecule has 2 N–H and O–H groups in total. The zero-order valence-corrected chi connectivity index (χ0v) is 7.72. The van der Waals surface area contributed by atoms with Crippen LogP contribution in [0.3, 0.4) is 0 Å². The summed E-state index contributed by atoms with van der Waals surface area (Å²) in [6.45, 7) is 0.639. The fraction of sp³-hybridized carbons (Fsp3) is 0.400. The largest absolute Gasteiger partial charge is 0.496 e. The van der Waals surface area contributed by atoms with Crippen LogP contribution in [0.15, 0.2) is 18.2 Å². The van der Waals surface area contributed by atoms with E-state index in [4.69, 9.17) is 10.5 Å². The first kappa shape index (κ1) is 9.99. The van der Waals surface area contributed by atoms with Gasteiger partial charge >= 0.3 is 0 Å². The van der Waals surface area contributed by atoms with Gasteiger partial charge in [-0.2, -0.15) is 0 Å². The number of halogens is 1. The van der Waals surface area contributed by atoms with Crippen LogP contribution in [0, 0.1) is 5.82 Å². The SMILES string of the molecule is COc1cc(F)ccc1CCCN. The quantitative estimate of drug-likeness (QED) is 0.771. The summed E-state index contributed by atoms with van der Waals surface area (Å²) in [5.41, 5.74) is 6.39. The average Bonchev–Trinajstić information content (AvgIpc) is 2.16. The van der Waals surface area contributed by atoms with Gasteiger partial charge in [-0.1, -0.05) is 6.07 Å². The maximum atomic E-state index is 12.8. The molecule has 1 rings (SSSR count). The molecule has 0 fully saturated rings. The topological polar surface area (TPSA) is 35.2 Å². The Morgan fingerprint density at radius 2 is 2.23 bits per heavy atom. The highest BCUT2D eigenvalue weighted by Gasteiger charge is 2.03. The third kappa shape index (κ3) is 2.70. The minimum Gasteiger partial charge on any atom is -0.496 e. The van der Waals surface area contributed by atoms with E-state index in [9.17, 15) is 4.39 Å². The van der Waals surface area contributed by atoms with Crippen LogP contribution < -0.4 is 10.5 Å². The van der Waals surface area contributed by atoms with Crippen molar-refractivity contribution in [2.45, 2.75) is 12.8 Å². The first-order chi connectivity index (χ1) is 6.27. The molecule has 0 aliphatic heterocycles. The number of hydrogen-bond donors (Lipinski definition) is 1. The fourth-order valence-electron chi connectivity index (χ4n) is 1.22. The lowest BCUT2D eigenvalue weighted by Crippen LogP contribution is -2.01. The molecule has 0 saturated carbocycles. The van der Waals surface area contributed by atoms with Crippen LogP contribution in [0.25, 0.3) is 0 Å². The van der Waals surface area contributed by atoms with Gasteiger partial charge in [0, 0.05) is 6.07 Å². The van der Waals surface area contributed by atoms with Crippen molar-refractivity contribution in [2.75, 3.05) is 13.7 Å². The number of rotatable bonds is 4. The molecule has 72 valence electrons. The van der Waals surface area contributed by atoms with E-state index in [-0.39, 0.29) is 5.82 Å². The first-order valence-electron chi connectivity index (χ1n) is 4.30. The van der Waals surface area contributed by atoms with E-state index in [1.165, 1.54) is 12.1 Å². The second-order valence-corrected chi connectivity index (χ2v) is 2.85. The van der Waals surface area contributed by atoms with Crippen LogP contribution in [0.2, 0.25) is 0 Å². The van der Waals surface area contributed by atoms with Gasteiger partial charge < -0.3 is 10.5 Å². The highest BCUT2D eigenvalue weighted by molar-refractivity contribution is 5.34. The average molecular weight is 183 g/mol. The number of hydrogen-bond acceptors (Lipinski definition) is 2. The third-order valence-electron chi connectivity index (χ3n) is 1.90. The summed E-state index contributed by atoms with van der Waals surface area (Å²) in [7, 11) is 1.54. The predicted molar refractivity (Wildman–Crippen MR) is 50.3 cm³/mol. The number of methoxy groups -OCH3 is 1. The summed E-state index contributed by atoms with van der Waals surface area (Å²) in [5.74, 6) is 0.335. The van der Waals surface area contributed by atoms with E-state index in [0.717, 1.165) is 18.4 Å². The van der Waals surface area contributed by atoms with E-state index in [0.29, 0.717) is 12.3 Å². The summed E-state index contributed by atoms with van der Waals surface area (Å²) in [5, 5.41) is 0. The molecule has 0 aliphatic rings. The maximum Gasteiger partial charge on any atom is 0.126 e. The van der Waals surface area contributed by atoms with Gasteiger partial charge in [0.2, 0.25) is 0 Å². The van der Waals surface area contributed by atoms with Crippen molar-refractivity contribution in [2.24, 2.45) is 5.73 Å². The summed E-state index contributed by atoms with van der Waals surface area (Å²) < 4.78 is 17.8. The molecule has 3 heteroatoms. The van der Waals surface area contributed by atoms with Crippen molar-refractivity contribution in [1.29, 1.82) is 0 Å². The highest BCUT2D eigenvalue weighted by atomic mass is 19.1. The molecule has 1 aromatic carbocycles. The van der Waals surface area contributed by atoms with Crippen LogP contribution in [-0.4, -0.2) is 13.7 Å². The maximum absolute atomic E-state index is 12.8. The minimum atomic E-state index is -0.270. The van der Waals surface area contributed by atoms with Gasteiger partial charge in [0.1, 0.15) is 11.6 Å². The van der Waals surface area contributed by atoms with Crippen molar-refractivity contribution < 1.29 is 9.13 Å². The van der Waals surface area contributed by atoms with Crippen LogP contribution in [0.1, 0.15) is 12.0 Å². The Morgan fingerprint density at radius 1 is 1.46 bits per heavy atom. The van der Waals surface area contributed by atoms with Crippen molar-refractivity contribution in [3.05, 3.63) is 29.6 Å². The Bertz CT molecular complexity index is 276. The Morgan fingerprint density at radius 3 is 2.85 bits per heavy atom. The molecule has 0 radical (unpaired) electrons. The van der Waals surface area contributed by atoms with Crippen LogP contribution in [0.5, 0.6) is 5.75 Å². The summed E-state index contributed by atoms with van der Waals surface area (Å²) in [6.07, 6.45) is 1.72. The fourth-order valence-corrected chi connectivity index (χ4v) is 1.22. The minimum absolute atomic E-state index is 0.270. The second kappa shape index (κ2) is 4.82. The number of ether oxygens (including phenoxy) is 1. The monoisotopic (exact) mass is 183 g/mol. The van der Waals surface area contributed by atoms with Crippen LogP contribution >= 0.6 is 0 Å². The van der Waals surface area contributed by atoms with E-state index in [1.807, 2.05) is 0 Å². The molecule has 0 aliphatic carbocycles. The molecule has 0 heterocycles. The molecule has 2 nitrogen and oxygen atoms in total. The summed E-state index contributed by atoms with van der Waals surface area (Å²) in [4.78, 5) is 0. The summed E-state index contributed by atoms with van der Waals surface area (Å²) >= 11 is 0. The zero-order valence-electron chi connectivity index (χ0n) is 7.72. The molecule has 0 aromatic heterocycles. The van der Waals surface area contributed by atoms with Crippen LogP contribution in [-0.2, 0) is 6.42 Å². The molecular weight excluding hydrogens is 169 g/mol. The van der Waals surface area contributed by atoms with Crippen molar-refractivity contribution in [1.82, 2.24) is 0 Å². The van der Waals surface area contributed by atoms with Crippen LogP contribution in [0.4, 0.5) is 4.39 Å². The van der Waals surface area contributed by atoms with E-state index in [1.54, 1.807) is 13.2 Å². The summed E-state index contributed by atoms with van der Waals surface area (Å²) in [6, 6.07) is 4.57. The van der Waals surface area contributed by atoms with Gasteiger partial charge in [0.15, 0.2) is 0 Å². The van der Waals surface area contributed by atoms with E-state index < -0.39 is 0 Å². The molecule has 13 heavy (non-hydrogen) atoms. The van der Waals surface area contributed by atoms with Gasteiger partial charge in [-0.25, -0.2) is 4.39 Å². The Hall–Kier alpha value is -1.09. The number of nitrogens with two attached hydrogens (primary N) is 1. The lowest BCUT2D eigenvalue weighted by atomic mass is 10.1. The molecule has 0 spiro atoms. The Balaban J connectivity index is 2.79. The van der Waals surface area contributed by atoms with Crippen molar-refractivity contribution in [3.8, 4) is 5.75 Å². The van der Waals surface area contributed by atoms with Gasteiger partial charge in [0.25, 0.3) is 0 Å². The number of aryl methyl sites for hydroxylation is 1. The van der Waals surface area contributed by atoms with Gasteiger partial charge in [-0.15, -0.1) is 0 Å². The molecule has 0 unspecified atom stereocenters. The molecule has 0 bridgehead atoms. The predicted octanol–water partition coefficient (Wildman–Crippen LogP) is 1.73. The molecule has 1 aromatic rings. The molecular formula is C10H14FNO. The molecule has 0 amide bonds. The highest BCUT2D eigenvalue weighted by Crippen LogP contribution is 2.20. The van der Waals surface area contributed by atoms with Crippen molar-refractivity contribution >= 4 is 0 Å². The third-order valence-corrected chi connectivity index (χ3v) is 1.90. The number of benzene rings is 1. The van der Waals surface area contributed by atoms with E-state index >= 15 is 0 Å². The molecule has 0 saturated heterocycles. The normalized spacial score (nSPS) is 10.1. The van der Waals surface area contributed by atoms with E-state index in [2.05, 4.69) is 0 Å². The standard InChI is InChI=1S/C10H14FNO/c1-13-10-7-9(11)5-4-8(10)3-2-6-12/h4-5,7H,2-3,6,12H2,1H3. The second-order valence-electron chi connectivity index (χ2n) is 2.85. The van der Waals surface area contributed by atoms with Crippen molar-refractivity contribution in [3.63, 3.8) is 0 Å².